The first-order valence-electron chi connectivity index (χ1n) is 12.0. The maximum Gasteiger partial charge on any atom is 1.00 e. The molecule has 170 valence electrons. The second-order valence-electron chi connectivity index (χ2n) is 8.52. The molecule has 29 heavy (non-hydrogen) atoms. The van der Waals surface area contributed by atoms with E-state index < -0.39 is 15.4 Å². The minimum Gasteiger partial charge on any atom is -0.748 e. The van der Waals surface area contributed by atoms with Gasteiger partial charge in [-0.2, -0.15) is 0 Å². The summed E-state index contributed by atoms with van der Waals surface area (Å²) in [5.74, 6) is 0. The van der Waals surface area contributed by atoms with Crippen LogP contribution in [0.2, 0.25) is 0 Å². The van der Waals surface area contributed by atoms with Crippen molar-refractivity contribution < 1.29 is 47.6 Å². The average Bonchev–Trinajstić information content (AvgIpc) is 2.64. The van der Waals surface area contributed by atoms with E-state index in [1.54, 1.807) is 0 Å². The first-order valence-corrected chi connectivity index (χ1v) is 13.5. The van der Waals surface area contributed by atoms with Crippen LogP contribution in [0.1, 0.15) is 136 Å². The van der Waals surface area contributed by atoms with Crippen LogP contribution in [0.15, 0.2) is 0 Å². The van der Waals surface area contributed by atoms with E-state index in [1.807, 2.05) is 0 Å². The molecular weight excluding hydrogens is 395 g/mol. The number of hydrogen-bond donors (Lipinski definition) is 1. The number of unbranched alkanes of at least 4 members (excludes halogenated alkanes) is 12. The van der Waals surface area contributed by atoms with E-state index in [0.717, 1.165) is 51.4 Å². The molecule has 0 heterocycles. The molecule has 2 unspecified atom stereocenters. The summed E-state index contributed by atoms with van der Waals surface area (Å²) in [6.07, 6.45) is 19.2. The zero-order valence-electron chi connectivity index (χ0n) is 19.7. The van der Waals surface area contributed by atoms with Crippen molar-refractivity contribution in [3.8, 4) is 0 Å². The predicted octanol–water partition coefficient (Wildman–Crippen LogP) is 3.72. The molecule has 0 aliphatic rings. The van der Waals surface area contributed by atoms with E-state index in [2.05, 4.69) is 13.8 Å². The Bertz CT molecular complexity index is 429. The monoisotopic (exact) mass is 442 g/mol. The zero-order valence-corrected chi connectivity index (χ0v) is 22.5. The molecule has 0 aromatic rings. The van der Waals surface area contributed by atoms with E-state index in [1.165, 1.54) is 44.9 Å². The van der Waals surface area contributed by atoms with Crippen LogP contribution in [0.25, 0.3) is 0 Å². The van der Waals surface area contributed by atoms with Gasteiger partial charge < -0.3 is 9.66 Å². The van der Waals surface area contributed by atoms with Crippen LogP contribution < -0.4 is 29.6 Å². The van der Waals surface area contributed by atoms with Gasteiger partial charge in [0.05, 0.1) is 16.2 Å². The molecule has 0 aliphatic heterocycles. The molecule has 0 aromatic carbocycles. The van der Waals surface area contributed by atoms with E-state index in [-0.39, 0.29) is 35.7 Å². The van der Waals surface area contributed by atoms with Gasteiger partial charge in [-0.1, -0.05) is 110 Å². The Morgan fingerprint density at radius 2 is 0.931 bits per heavy atom. The Kier molecular flexibility index (Phi) is 24.4. The SMILES string of the molecule is CCCCCCCCCCCCC(CCCCC(O)CCCCC)S(=O)(=O)[O-].[Na+]. The Morgan fingerprint density at radius 3 is 1.38 bits per heavy atom. The minimum absolute atomic E-state index is 0. The van der Waals surface area contributed by atoms with Crippen LogP contribution in [-0.4, -0.2) is 29.4 Å². The van der Waals surface area contributed by atoms with Crippen LogP contribution in [0, 0.1) is 0 Å². The van der Waals surface area contributed by atoms with Crippen molar-refractivity contribution in [3.05, 3.63) is 0 Å². The molecule has 0 bridgehead atoms. The zero-order chi connectivity index (χ0) is 21.1. The molecule has 1 N–H and O–H groups in total. The largest absolute Gasteiger partial charge is 1.00 e. The summed E-state index contributed by atoms with van der Waals surface area (Å²) in [6, 6.07) is 0. The fraction of sp³-hybridized carbons (Fsp3) is 1.00. The van der Waals surface area contributed by atoms with Gasteiger partial charge >= 0.3 is 29.6 Å². The third kappa shape index (κ3) is 21.9. The van der Waals surface area contributed by atoms with Gasteiger partial charge in [0, 0.05) is 5.25 Å². The fourth-order valence-corrected chi connectivity index (χ4v) is 4.73. The van der Waals surface area contributed by atoms with E-state index in [4.69, 9.17) is 0 Å². The number of hydrogen-bond acceptors (Lipinski definition) is 4. The molecule has 6 heteroatoms. The molecule has 0 aromatic heterocycles. The molecule has 0 fully saturated rings. The van der Waals surface area contributed by atoms with Crippen molar-refractivity contribution in [2.75, 3.05) is 0 Å². The van der Waals surface area contributed by atoms with Crippen LogP contribution in [0.3, 0.4) is 0 Å². The summed E-state index contributed by atoms with van der Waals surface area (Å²) in [5.41, 5.74) is 0. The Labute approximate surface area is 204 Å². The summed E-state index contributed by atoms with van der Waals surface area (Å²) in [7, 11) is -4.21. The molecule has 0 rings (SSSR count). The van der Waals surface area contributed by atoms with Gasteiger partial charge in [-0.25, -0.2) is 8.42 Å². The van der Waals surface area contributed by atoms with Crippen LogP contribution in [0.4, 0.5) is 0 Å². The van der Waals surface area contributed by atoms with E-state index >= 15 is 0 Å². The molecule has 0 saturated heterocycles. The second kappa shape index (κ2) is 22.1. The van der Waals surface area contributed by atoms with Gasteiger partial charge in [0.15, 0.2) is 0 Å². The molecule has 2 atom stereocenters. The van der Waals surface area contributed by atoms with Gasteiger partial charge in [0.25, 0.3) is 0 Å². The average molecular weight is 443 g/mol. The molecule has 0 radical (unpaired) electrons. The summed E-state index contributed by atoms with van der Waals surface area (Å²) < 4.78 is 34.6. The third-order valence-electron chi connectivity index (χ3n) is 5.74. The van der Waals surface area contributed by atoms with Crippen molar-refractivity contribution in [3.63, 3.8) is 0 Å². The Morgan fingerprint density at radius 1 is 0.621 bits per heavy atom. The summed E-state index contributed by atoms with van der Waals surface area (Å²) in [6.45, 7) is 4.37. The standard InChI is InChI=1S/C23H48O4S.Na/c1-3-5-7-8-9-10-11-12-13-15-20-23(28(25,26)27)21-17-16-19-22(24)18-14-6-4-2;/h22-24H,3-21H2,1-2H3,(H,25,26,27);/q;+1/p-1. The molecule has 0 aliphatic carbocycles. The quantitative estimate of drug-likeness (QED) is 0.167. The minimum atomic E-state index is -4.21. The van der Waals surface area contributed by atoms with E-state index in [9.17, 15) is 18.1 Å². The maximum absolute atomic E-state index is 11.5. The Hall–Kier alpha value is 0.870. The van der Waals surface area contributed by atoms with E-state index in [0.29, 0.717) is 25.7 Å². The van der Waals surface area contributed by atoms with Crippen molar-refractivity contribution >= 4 is 10.1 Å². The molecular formula is C23H47NaO4S. The summed E-state index contributed by atoms with van der Waals surface area (Å²) >= 11 is 0. The summed E-state index contributed by atoms with van der Waals surface area (Å²) in [4.78, 5) is 0. The van der Waals surface area contributed by atoms with Gasteiger partial charge in [-0.05, 0) is 25.7 Å². The smallest absolute Gasteiger partial charge is 0.748 e. The second-order valence-corrected chi connectivity index (χ2v) is 10.2. The van der Waals surface area contributed by atoms with Gasteiger partial charge in [0.1, 0.15) is 0 Å². The summed E-state index contributed by atoms with van der Waals surface area (Å²) in [5, 5.41) is 9.19. The van der Waals surface area contributed by atoms with Gasteiger partial charge in [-0.3, -0.25) is 0 Å². The molecule has 0 spiro atoms. The number of rotatable bonds is 21. The van der Waals surface area contributed by atoms with Crippen molar-refractivity contribution in [2.24, 2.45) is 0 Å². The molecule has 0 saturated carbocycles. The van der Waals surface area contributed by atoms with Crippen LogP contribution in [0.5, 0.6) is 0 Å². The third-order valence-corrected chi connectivity index (χ3v) is 7.03. The first-order chi connectivity index (χ1) is 13.4. The Balaban J connectivity index is 0. The van der Waals surface area contributed by atoms with Gasteiger partial charge in [0.2, 0.25) is 0 Å². The van der Waals surface area contributed by atoms with Crippen LogP contribution in [-0.2, 0) is 10.1 Å². The molecule has 4 nitrogen and oxygen atoms in total. The van der Waals surface area contributed by atoms with Crippen LogP contribution >= 0.6 is 0 Å². The van der Waals surface area contributed by atoms with Crippen molar-refractivity contribution in [1.29, 1.82) is 0 Å². The van der Waals surface area contributed by atoms with Crippen molar-refractivity contribution in [2.45, 2.75) is 147 Å². The normalized spacial score (nSPS) is 13.8. The first kappa shape index (κ1) is 32.1. The number of aliphatic hydroxyl groups is 1. The number of aliphatic hydroxyl groups excluding tert-OH is 1. The predicted molar refractivity (Wildman–Crippen MR) is 119 cm³/mol. The van der Waals surface area contributed by atoms with Gasteiger partial charge in [-0.15, -0.1) is 0 Å². The maximum atomic E-state index is 11.5. The molecule has 0 amide bonds. The topological polar surface area (TPSA) is 77.4 Å². The van der Waals surface area contributed by atoms with Crippen molar-refractivity contribution in [1.82, 2.24) is 0 Å². The fourth-order valence-electron chi connectivity index (χ4n) is 3.82.